The van der Waals surface area contributed by atoms with Crippen molar-refractivity contribution in [3.05, 3.63) is 138 Å². The molecule has 5 nitrogen and oxygen atoms in total. The zero-order chi connectivity index (χ0) is 33.1. The highest BCUT2D eigenvalue weighted by Gasteiger charge is 2.25. The number of hydrogen-bond donors (Lipinski definition) is 1. The van der Waals surface area contributed by atoms with Gasteiger partial charge in [0.25, 0.3) is 0 Å². The molecule has 47 heavy (non-hydrogen) atoms. The van der Waals surface area contributed by atoms with Crippen molar-refractivity contribution in [3.8, 4) is 22.3 Å². The van der Waals surface area contributed by atoms with Crippen LogP contribution in [0.1, 0.15) is 59.5 Å². The molecular formula is C42H39NO4. The average Bonchev–Trinajstić information content (AvgIpc) is 3.08. The number of hydrogen-bond acceptors (Lipinski definition) is 5. The largest absolute Gasteiger partial charge is 0.462 e. The van der Waals surface area contributed by atoms with Gasteiger partial charge in [0.2, 0.25) is 0 Å². The van der Waals surface area contributed by atoms with Gasteiger partial charge < -0.3 is 14.8 Å². The summed E-state index contributed by atoms with van der Waals surface area (Å²) >= 11 is 0. The first kappa shape index (κ1) is 31.6. The van der Waals surface area contributed by atoms with E-state index >= 15 is 0 Å². The van der Waals surface area contributed by atoms with Gasteiger partial charge in [-0.2, -0.15) is 0 Å². The molecule has 0 bridgehead atoms. The summed E-state index contributed by atoms with van der Waals surface area (Å²) in [5, 5.41) is 7.82. The Morgan fingerprint density at radius 2 is 1.17 bits per heavy atom. The van der Waals surface area contributed by atoms with Crippen molar-refractivity contribution in [2.45, 2.75) is 40.2 Å². The Bertz CT molecular complexity index is 2090. The summed E-state index contributed by atoms with van der Waals surface area (Å²) in [4.78, 5) is 27.3. The van der Waals surface area contributed by atoms with Crippen LogP contribution in [0.2, 0.25) is 0 Å². The fourth-order valence-electron chi connectivity index (χ4n) is 6.23. The second-order valence-corrected chi connectivity index (χ2v) is 12.3. The fraction of sp³-hybridized carbons (Fsp3) is 0.190. The highest BCUT2D eigenvalue weighted by molar-refractivity contribution is 6.16. The van der Waals surface area contributed by atoms with Crippen LogP contribution >= 0.6 is 0 Å². The molecule has 1 N–H and O–H groups in total. The van der Waals surface area contributed by atoms with E-state index < -0.39 is 11.9 Å². The topological polar surface area (TPSA) is 64.6 Å². The van der Waals surface area contributed by atoms with Crippen molar-refractivity contribution in [1.82, 2.24) is 0 Å². The maximum atomic E-state index is 13.7. The summed E-state index contributed by atoms with van der Waals surface area (Å²) in [6.45, 7) is 10.4. The molecule has 236 valence electrons. The van der Waals surface area contributed by atoms with Crippen LogP contribution in [-0.4, -0.2) is 25.2 Å². The summed E-state index contributed by atoms with van der Waals surface area (Å²) in [6.07, 6.45) is 0. The summed E-state index contributed by atoms with van der Waals surface area (Å²) in [6, 6.07) is 38.4. The van der Waals surface area contributed by atoms with E-state index in [0.717, 1.165) is 43.9 Å². The molecule has 0 unspecified atom stereocenters. The smallest absolute Gasteiger partial charge is 0.338 e. The maximum absolute atomic E-state index is 13.7. The molecule has 5 heteroatoms. The number of ether oxygens (including phenoxy) is 2. The molecule has 0 aliphatic carbocycles. The first-order valence-electron chi connectivity index (χ1n) is 16.1. The number of esters is 2. The number of rotatable bonds is 9. The molecule has 0 aliphatic heterocycles. The normalized spacial score (nSPS) is 11.4. The van der Waals surface area contributed by atoms with E-state index in [4.69, 9.17) is 9.47 Å². The first-order chi connectivity index (χ1) is 22.7. The van der Waals surface area contributed by atoms with E-state index in [1.807, 2.05) is 36.4 Å². The molecule has 0 spiro atoms. The quantitative estimate of drug-likeness (QED) is 0.129. The third-order valence-electron chi connectivity index (χ3n) is 8.63. The van der Waals surface area contributed by atoms with Crippen molar-refractivity contribution in [3.63, 3.8) is 0 Å². The van der Waals surface area contributed by atoms with Crippen molar-refractivity contribution in [1.29, 1.82) is 0 Å². The Labute approximate surface area is 276 Å². The molecule has 0 fully saturated rings. The number of fused-ring (bicyclic) bond motifs is 3. The van der Waals surface area contributed by atoms with Crippen molar-refractivity contribution in [2.24, 2.45) is 0 Å². The van der Waals surface area contributed by atoms with Gasteiger partial charge in [0.05, 0.1) is 29.9 Å². The minimum atomic E-state index is -0.449. The zero-order valence-corrected chi connectivity index (χ0v) is 27.5. The lowest BCUT2D eigenvalue weighted by Gasteiger charge is -2.28. The SMILES string of the molecule is CCOC(=O)c1cc(-c2cc3ccccc3c3ccccc23)c(C(=O)OCC)cc1-c1ccc(C(C)(C)Nc2ccc(C)cc2)cc1. The molecule has 0 aromatic heterocycles. The first-order valence-corrected chi connectivity index (χ1v) is 16.1. The standard InChI is InChI=1S/C42H39NO4/c1-6-46-40(44)38-26-37(36-24-29-12-8-9-13-32(29)33-14-10-11-15-34(33)36)39(41(45)47-7-2)25-35(38)28-18-20-30(21-19-28)42(4,5)43-31-22-16-27(3)17-23-31/h8-26,43H,6-7H2,1-5H3. The summed E-state index contributed by atoms with van der Waals surface area (Å²) in [5.74, 6) is -0.897. The van der Waals surface area contributed by atoms with Crippen LogP contribution < -0.4 is 5.32 Å². The minimum Gasteiger partial charge on any atom is -0.462 e. The van der Waals surface area contributed by atoms with Gasteiger partial charge >= 0.3 is 11.9 Å². The number of anilines is 1. The van der Waals surface area contributed by atoms with Gasteiger partial charge in [-0.15, -0.1) is 0 Å². The molecule has 0 atom stereocenters. The number of carbonyl (C=O) groups is 2. The van der Waals surface area contributed by atoms with E-state index in [-0.39, 0.29) is 18.8 Å². The Morgan fingerprint density at radius 3 is 1.81 bits per heavy atom. The second-order valence-electron chi connectivity index (χ2n) is 12.3. The van der Waals surface area contributed by atoms with Gasteiger partial charge in [0.1, 0.15) is 0 Å². The van der Waals surface area contributed by atoms with Gasteiger partial charge in [-0.3, -0.25) is 0 Å². The van der Waals surface area contributed by atoms with Gasteiger partial charge in [-0.25, -0.2) is 9.59 Å². The number of carbonyl (C=O) groups excluding carboxylic acids is 2. The molecule has 0 heterocycles. The van der Waals surface area contributed by atoms with E-state index in [1.54, 1.807) is 26.0 Å². The molecule has 0 aliphatic rings. The summed E-state index contributed by atoms with van der Waals surface area (Å²) < 4.78 is 11.2. The second kappa shape index (κ2) is 13.1. The number of benzene rings is 6. The fourth-order valence-corrected chi connectivity index (χ4v) is 6.23. The van der Waals surface area contributed by atoms with Crippen LogP contribution in [0, 0.1) is 6.92 Å². The van der Waals surface area contributed by atoms with Crippen molar-refractivity contribution < 1.29 is 19.1 Å². The molecule has 0 radical (unpaired) electrons. The van der Waals surface area contributed by atoms with Crippen LogP contribution in [0.5, 0.6) is 0 Å². The van der Waals surface area contributed by atoms with Crippen LogP contribution in [0.25, 0.3) is 43.8 Å². The molecule has 0 saturated carbocycles. The molecular weight excluding hydrogens is 582 g/mol. The van der Waals surface area contributed by atoms with E-state index in [2.05, 4.69) is 92.8 Å². The highest BCUT2D eigenvalue weighted by Crippen LogP contribution is 2.40. The third-order valence-corrected chi connectivity index (χ3v) is 8.63. The Hall–Kier alpha value is -5.42. The van der Waals surface area contributed by atoms with Gasteiger partial charge in [-0.05, 0) is 114 Å². The van der Waals surface area contributed by atoms with Crippen LogP contribution in [0.3, 0.4) is 0 Å². The van der Waals surface area contributed by atoms with Crippen molar-refractivity contribution in [2.75, 3.05) is 18.5 Å². The molecule has 0 amide bonds. The van der Waals surface area contributed by atoms with Gasteiger partial charge in [-0.1, -0.05) is 90.5 Å². The predicted octanol–water partition coefficient (Wildman–Crippen LogP) is 10.3. The van der Waals surface area contributed by atoms with E-state index in [9.17, 15) is 9.59 Å². The van der Waals surface area contributed by atoms with Gasteiger partial charge in [0, 0.05) is 5.69 Å². The molecule has 0 saturated heterocycles. The average molecular weight is 622 g/mol. The lowest BCUT2D eigenvalue weighted by Crippen LogP contribution is -2.27. The lowest BCUT2D eigenvalue weighted by molar-refractivity contribution is 0.0513. The van der Waals surface area contributed by atoms with E-state index in [1.165, 1.54) is 5.56 Å². The van der Waals surface area contributed by atoms with Gasteiger partial charge in [0.15, 0.2) is 0 Å². The van der Waals surface area contributed by atoms with Crippen molar-refractivity contribution >= 4 is 39.2 Å². The number of nitrogens with one attached hydrogen (secondary N) is 1. The summed E-state index contributed by atoms with van der Waals surface area (Å²) in [7, 11) is 0. The molecule has 6 aromatic carbocycles. The lowest BCUT2D eigenvalue weighted by atomic mass is 9.86. The monoisotopic (exact) mass is 621 g/mol. The molecule has 6 aromatic rings. The highest BCUT2D eigenvalue weighted by atomic mass is 16.5. The Morgan fingerprint density at radius 1 is 0.617 bits per heavy atom. The molecule has 6 rings (SSSR count). The maximum Gasteiger partial charge on any atom is 0.338 e. The van der Waals surface area contributed by atoms with E-state index in [0.29, 0.717) is 22.3 Å². The Balaban J connectivity index is 1.52. The Kier molecular flexibility index (Phi) is 8.82. The third kappa shape index (κ3) is 6.34. The van der Waals surface area contributed by atoms with Crippen LogP contribution in [0.15, 0.2) is 115 Å². The summed E-state index contributed by atoms with van der Waals surface area (Å²) in [5.41, 5.74) is 6.59. The minimum absolute atomic E-state index is 0.226. The number of aryl methyl sites for hydroxylation is 1. The zero-order valence-electron chi connectivity index (χ0n) is 27.5. The predicted molar refractivity (Wildman–Crippen MR) is 192 cm³/mol. The van der Waals surface area contributed by atoms with Crippen LogP contribution in [0.4, 0.5) is 5.69 Å². The van der Waals surface area contributed by atoms with Crippen LogP contribution in [-0.2, 0) is 15.0 Å².